The molecule has 2 rings (SSSR count). The van der Waals surface area contributed by atoms with Crippen molar-refractivity contribution in [3.05, 3.63) is 62.7 Å². The first-order chi connectivity index (χ1) is 13.6. The number of anilines is 2. The monoisotopic (exact) mass is 398 g/mol. The Morgan fingerprint density at radius 2 is 1.52 bits per heavy atom. The highest BCUT2D eigenvalue weighted by Gasteiger charge is 2.20. The number of amides is 2. The minimum absolute atomic E-state index is 0.00962. The zero-order valence-electron chi connectivity index (χ0n) is 17.3. The number of benzene rings is 2. The van der Waals surface area contributed by atoms with Gasteiger partial charge in [-0.15, -0.1) is 0 Å². The number of hydrogen-bond acceptors (Lipinski definition) is 5. The largest absolute Gasteiger partial charge is 0.325 e. The first-order valence-corrected chi connectivity index (χ1v) is 9.19. The molecule has 2 amide bonds. The molecule has 0 aliphatic carbocycles. The molecule has 0 atom stereocenters. The van der Waals surface area contributed by atoms with Crippen LogP contribution in [-0.4, -0.2) is 41.8 Å². The fourth-order valence-corrected chi connectivity index (χ4v) is 2.91. The second kappa shape index (κ2) is 9.29. The van der Waals surface area contributed by atoms with Crippen molar-refractivity contribution in [2.45, 2.75) is 27.7 Å². The summed E-state index contributed by atoms with van der Waals surface area (Å²) in [6.45, 7) is 7.37. The molecule has 0 saturated heterocycles. The van der Waals surface area contributed by atoms with Crippen molar-refractivity contribution >= 4 is 28.9 Å². The molecule has 0 radical (unpaired) electrons. The standard InChI is InChI=1S/C21H26N4O4/c1-13-7-6-8-17(15(13)3)22-19(26)11-24(5)12-20(27)23-21-16(4)14(2)9-10-18(21)25(28)29/h6-10H,11-12H2,1-5H3,(H,22,26)(H,23,27). The second-order valence-corrected chi connectivity index (χ2v) is 7.17. The predicted molar refractivity (Wildman–Crippen MR) is 113 cm³/mol. The minimum Gasteiger partial charge on any atom is -0.325 e. The van der Waals surface area contributed by atoms with Gasteiger partial charge in [0.05, 0.1) is 18.0 Å². The van der Waals surface area contributed by atoms with E-state index < -0.39 is 10.8 Å². The summed E-state index contributed by atoms with van der Waals surface area (Å²) in [5.41, 5.74) is 4.31. The Morgan fingerprint density at radius 1 is 0.931 bits per heavy atom. The van der Waals surface area contributed by atoms with E-state index in [9.17, 15) is 19.7 Å². The first kappa shape index (κ1) is 22.0. The molecule has 29 heavy (non-hydrogen) atoms. The first-order valence-electron chi connectivity index (χ1n) is 9.19. The number of nitro benzene ring substituents is 1. The van der Waals surface area contributed by atoms with Gasteiger partial charge in [-0.3, -0.25) is 24.6 Å². The molecule has 154 valence electrons. The quantitative estimate of drug-likeness (QED) is 0.550. The normalized spacial score (nSPS) is 10.7. The van der Waals surface area contributed by atoms with Crippen LogP contribution in [0.15, 0.2) is 30.3 Å². The lowest BCUT2D eigenvalue weighted by atomic mass is 10.1. The summed E-state index contributed by atoms with van der Waals surface area (Å²) in [6, 6.07) is 8.68. The van der Waals surface area contributed by atoms with Crippen molar-refractivity contribution in [2.75, 3.05) is 30.8 Å². The summed E-state index contributed by atoms with van der Waals surface area (Å²) >= 11 is 0. The molecule has 0 aliphatic rings. The number of carbonyl (C=O) groups excluding carboxylic acids is 2. The van der Waals surface area contributed by atoms with Crippen molar-refractivity contribution in [1.29, 1.82) is 0 Å². The molecule has 0 heterocycles. The van der Waals surface area contributed by atoms with Crippen LogP contribution in [0.4, 0.5) is 17.1 Å². The van der Waals surface area contributed by atoms with Crippen LogP contribution in [0.25, 0.3) is 0 Å². The fraction of sp³-hybridized carbons (Fsp3) is 0.333. The number of nitrogens with zero attached hydrogens (tertiary/aromatic N) is 2. The molecule has 0 unspecified atom stereocenters. The van der Waals surface area contributed by atoms with Gasteiger partial charge in [-0.1, -0.05) is 18.2 Å². The molecule has 2 N–H and O–H groups in total. The van der Waals surface area contributed by atoms with Crippen LogP contribution in [0, 0.1) is 37.8 Å². The van der Waals surface area contributed by atoms with Gasteiger partial charge >= 0.3 is 0 Å². The van der Waals surface area contributed by atoms with Gasteiger partial charge in [-0.2, -0.15) is 0 Å². The van der Waals surface area contributed by atoms with Crippen LogP contribution in [0.2, 0.25) is 0 Å². The number of rotatable bonds is 7. The second-order valence-electron chi connectivity index (χ2n) is 7.17. The minimum atomic E-state index is -0.524. The Kier molecular flexibility index (Phi) is 7.06. The Balaban J connectivity index is 1.99. The van der Waals surface area contributed by atoms with E-state index in [4.69, 9.17) is 0 Å². The van der Waals surface area contributed by atoms with Crippen molar-refractivity contribution in [3.8, 4) is 0 Å². The topological polar surface area (TPSA) is 105 Å². The number of hydrogen-bond donors (Lipinski definition) is 2. The van der Waals surface area contributed by atoms with Gasteiger partial charge in [-0.05, 0) is 63.1 Å². The van der Waals surface area contributed by atoms with Crippen LogP contribution in [0.3, 0.4) is 0 Å². The smallest absolute Gasteiger partial charge is 0.293 e. The maximum atomic E-state index is 12.4. The predicted octanol–water partition coefficient (Wildman–Crippen LogP) is 3.34. The van der Waals surface area contributed by atoms with E-state index in [1.165, 1.54) is 6.07 Å². The Bertz CT molecular complexity index is 956. The van der Waals surface area contributed by atoms with E-state index in [-0.39, 0.29) is 30.4 Å². The number of likely N-dealkylation sites (N-methyl/N-ethyl adjacent to an activating group) is 1. The molecule has 0 fully saturated rings. The van der Waals surface area contributed by atoms with Crippen molar-refractivity contribution in [3.63, 3.8) is 0 Å². The summed E-state index contributed by atoms with van der Waals surface area (Å²) in [5, 5.41) is 16.7. The van der Waals surface area contributed by atoms with E-state index in [0.717, 1.165) is 22.4 Å². The number of carbonyl (C=O) groups is 2. The van der Waals surface area contributed by atoms with E-state index in [1.54, 1.807) is 24.9 Å². The van der Waals surface area contributed by atoms with Crippen LogP contribution >= 0.6 is 0 Å². The zero-order valence-corrected chi connectivity index (χ0v) is 17.3. The number of nitro groups is 1. The lowest BCUT2D eigenvalue weighted by Gasteiger charge is -2.18. The summed E-state index contributed by atoms with van der Waals surface area (Å²) in [7, 11) is 1.64. The molecular formula is C21H26N4O4. The Hall–Kier alpha value is -3.26. The Labute approximate surface area is 170 Å². The van der Waals surface area contributed by atoms with Crippen molar-refractivity contribution < 1.29 is 14.5 Å². The van der Waals surface area contributed by atoms with Crippen LogP contribution in [-0.2, 0) is 9.59 Å². The molecule has 0 spiro atoms. The Morgan fingerprint density at radius 3 is 2.14 bits per heavy atom. The van der Waals surface area contributed by atoms with Gasteiger partial charge < -0.3 is 10.6 Å². The van der Waals surface area contributed by atoms with Crippen LogP contribution in [0.1, 0.15) is 22.3 Å². The van der Waals surface area contributed by atoms with Gasteiger partial charge in [0.15, 0.2) is 0 Å². The summed E-state index contributed by atoms with van der Waals surface area (Å²) in [6.07, 6.45) is 0. The maximum Gasteiger partial charge on any atom is 0.293 e. The highest BCUT2D eigenvalue weighted by Crippen LogP contribution is 2.30. The molecule has 0 saturated carbocycles. The fourth-order valence-electron chi connectivity index (χ4n) is 2.91. The average Bonchev–Trinajstić information content (AvgIpc) is 2.62. The van der Waals surface area contributed by atoms with Crippen LogP contribution < -0.4 is 10.6 Å². The zero-order chi connectivity index (χ0) is 21.7. The molecule has 0 bridgehead atoms. The third-order valence-electron chi connectivity index (χ3n) is 4.88. The van der Waals surface area contributed by atoms with Gasteiger partial charge in [0.25, 0.3) is 5.69 Å². The lowest BCUT2D eigenvalue weighted by Crippen LogP contribution is -2.36. The third kappa shape index (κ3) is 5.61. The number of nitrogens with one attached hydrogen (secondary N) is 2. The summed E-state index contributed by atoms with van der Waals surface area (Å²) < 4.78 is 0. The lowest BCUT2D eigenvalue weighted by molar-refractivity contribution is -0.384. The van der Waals surface area contributed by atoms with E-state index in [2.05, 4.69) is 10.6 Å². The summed E-state index contributed by atoms with van der Waals surface area (Å²) in [5.74, 6) is -0.671. The molecule has 8 nitrogen and oxygen atoms in total. The average molecular weight is 398 g/mol. The van der Waals surface area contributed by atoms with Gasteiger partial charge in [-0.25, -0.2) is 0 Å². The number of aryl methyl sites for hydroxylation is 2. The van der Waals surface area contributed by atoms with Gasteiger partial charge in [0, 0.05) is 11.8 Å². The molecular weight excluding hydrogens is 372 g/mol. The van der Waals surface area contributed by atoms with Crippen molar-refractivity contribution in [1.82, 2.24) is 4.90 Å². The van der Waals surface area contributed by atoms with Gasteiger partial charge in [0.1, 0.15) is 5.69 Å². The molecule has 0 aliphatic heterocycles. The van der Waals surface area contributed by atoms with Crippen molar-refractivity contribution in [2.24, 2.45) is 0 Å². The van der Waals surface area contributed by atoms with Gasteiger partial charge in [0.2, 0.25) is 11.8 Å². The molecule has 8 heteroatoms. The third-order valence-corrected chi connectivity index (χ3v) is 4.88. The summed E-state index contributed by atoms with van der Waals surface area (Å²) in [4.78, 5) is 37.0. The van der Waals surface area contributed by atoms with E-state index >= 15 is 0 Å². The van der Waals surface area contributed by atoms with E-state index in [1.807, 2.05) is 39.0 Å². The molecule has 2 aromatic carbocycles. The SMILES string of the molecule is Cc1cccc(NC(=O)CN(C)CC(=O)Nc2c([N+](=O)[O-])ccc(C)c2C)c1C. The molecule has 0 aromatic heterocycles. The highest BCUT2D eigenvalue weighted by atomic mass is 16.6. The van der Waals surface area contributed by atoms with E-state index in [0.29, 0.717) is 5.56 Å². The molecule has 2 aromatic rings. The van der Waals surface area contributed by atoms with Crippen LogP contribution in [0.5, 0.6) is 0 Å². The highest BCUT2D eigenvalue weighted by molar-refractivity contribution is 5.97. The maximum absolute atomic E-state index is 12.4.